The van der Waals surface area contributed by atoms with Gasteiger partial charge in [0, 0.05) is 90.9 Å². The second kappa shape index (κ2) is 29.0. The van der Waals surface area contributed by atoms with Gasteiger partial charge < -0.3 is 29.9 Å². The lowest BCUT2D eigenvalue weighted by molar-refractivity contribution is -0.136. The summed E-state index contributed by atoms with van der Waals surface area (Å²) >= 11 is 7.59. The number of alkyl halides is 3. The van der Waals surface area contributed by atoms with Gasteiger partial charge in [-0.15, -0.1) is 11.8 Å². The molecule has 26 heteroatoms. The molecular formula is C63H72ClF3N8O11S3. The molecule has 5 amide bonds. The number of fused-ring (bicyclic) bond motifs is 1. The number of anilines is 3. The van der Waals surface area contributed by atoms with Crippen LogP contribution in [0.4, 0.5) is 30.2 Å². The molecule has 89 heavy (non-hydrogen) atoms. The summed E-state index contributed by atoms with van der Waals surface area (Å²) in [4.78, 5) is 70.3. The number of ether oxygens (including phenoxy) is 2. The van der Waals surface area contributed by atoms with Crippen LogP contribution in [0.1, 0.15) is 89.0 Å². The lowest BCUT2D eigenvalue weighted by Crippen LogP contribution is -2.54. The zero-order valence-corrected chi connectivity index (χ0v) is 52.8. The Bertz CT molecular complexity index is 3670. The van der Waals surface area contributed by atoms with E-state index in [0.29, 0.717) is 49.4 Å². The minimum Gasteiger partial charge on any atom is -0.382 e. The van der Waals surface area contributed by atoms with Crippen LogP contribution in [0.15, 0.2) is 136 Å². The van der Waals surface area contributed by atoms with E-state index in [2.05, 4.69) is 51.7 Å². The second-order valence-electron chi connectivity index (χ2n) is 23.2. The number of imide groups is 2. The number of hydrogen-bond acceptors (Lipinski definition) is 17. The third kappa shape index (κ3) is 16.8. The van der Waals surface area contributed by atoms with Crippen molar-refractivity contribution in [3.05, 3.63) is 148 Å². The van der Waals surface area contributed by atoms with Crippen LogP contribution in [0.25, 0.3) is 5.57 Å². The molecule has 4 aliphatic rings. The van der Waals surface area contributed by atoms with Crippen molar-refractivity contribution in [1.29, 1.82) is 0 Å². The van der Waals surface area contributed by atoms with E-state index in [1.165, 1.54) is 46.7 Å². The van der Waals surface area contributed by atoms with Crippen molar-refractivity contribution in [3.8, 4) is 0 Å². The van der Waals surface area contributed by atoms with Gasteiger partial charge in [0.05, 0.1) is 48.1 Å². The van der Waals surface area contributed by atoms with Crippen molar-refractivity contribution in [2.24, 2.45) is 5.41 Å². The Hall–Kier alpha value is -6.84. The van der Waals surface area contributed by atoms with Crippen LogP contribution < -0.4 is 25.6 Å². The Morgan fingerprint density at radius 2 is 1.53 bits per heavy atom. The summed E-state index contributed by atoms with van der Waals surface area (Å²) in [5.74, 6) is -3.21. The van der Waals surface area contributed by atoms with Crippen molar-refractivity contribution >= 4 is 95.4 Å². The first-order valence-corrected chi connectivity index (χ1v) is 33.6. The van der Waals surface area contributed by atoms with Crippen molar-refractivity contribution in [2.45, 2.75) is 84.7 Å². The monoisotopic (exact) mass is 1300 g/mol. The van der Waals surface area contributed by atoms with E-state index in [1.807, 2.05) is 59.1 Å². The zero-order chi connectivity index (χ0) is 63.7. The fourth-order valence-electron chi connectivity index (χ4n) is 11.3. The Morgan fingerprint density at radius 1 is 0.820 bits per heavy atom. The van der Waals surface area contributed by atoms with E-state index in [9.17, 15) is 54.0 Å². The maximum absolute atomic E-state index is 14.4. The van der Waals surface area contributed by atoms with Gasteiger partial charge in [0.15, 0.2) is 0 Å². The largest absolute Gasteiger partial charge is 0.501 e. The highest BCUT2D eigenvalue weighted by atomic mass is 35.5. The minimum atomic E-state index is -6.16. The van der Waals surface area contributed by atoms with Crippen LogP contribution in [0.3, 0.4) is 0 Å². The molecule has 5 aromatic rings. The number of piperidine rings is 1. The highest BCUT2D eigenvalue weighted by Gasteiger charge is 2.49. The number of hydrogen-bond donors (Lipinski definition) is 4. The minimum absolute atomic E-state index is 0.00531. The van der Waals surface area contributed by atoms with Gasteiger partial charge in [-0.3, -0.25) is 39.1 Å². The Labute approximate surface area is 526 Å². The van der Waals surface area contributed by atoms with Crippen LogP contribution in [0.5, 0.6) is 0 Å². The van der Waals surface area contributed by atoms with Crippen LogP contribution in [-0.2, 0) is 38.9 Å². The van der Waals surface area contributed by atoms with Gasteiger partial charge in [0.2, 0.25) is 11.8 Å². The zero-order valence-electron chi connectivity index (χ0n) is 49.6. The molecule has 2 atom stereocenters. The van der Waals surface area contributed by atoms with Gasteiger partial charge in [-0.2, -0.15) is 13.2 Å². The number of allylic oxidation sites excluding steroid dienone is 1. The Morgan fingerprint density at radius 3 is 2.22 bits per heavy atom. The van der Waals surface area contributed by atoms with Gasteiger partial charge in [0.25, 0.3) is 37.6 Å². The molecular weight excluding hydrogens is 1230 g/mol. The molecule has 2 fully saturated rings. The molecule has 4 N–H and O–H groups in total. The molecule has 19 nitrogen and oxygen atoms in total. The number of nitrogens with zero attached hydrogens (tertiary/aromatic N) is 4. The van der Waals surface area contributed by atoms with Gasteiger partial charge in [0.1, 0.15) is 10.9 Å². The van der Waals surface area contributed by atoms with E-state index >= 15 is 0 Å². The average Bonchev–Trinajstić information content (AvgIpc) is 1.98. The van der Waals surface area contributed by atoms with E-state index in [1.54, 1.807) is 24.3 Å². The summed E-state index contributed by atoms with van der Waals surface area (Å²) < 4.78 is 111. The number of piperazine rings is 1. The molecule has 0 spiro atoms. The van der Waals surface area contributed by atoms with Crippen LogP contribution in [0, 0.1) is 5.41 Å². The summed E-state index contributed by atoms with van der Waals surface area (Å²) in [5, 5.41) is 8.97. The van der Waals surface area contributed by atoms with Crippen LogP contribution >= 0.6 is 23.4 Å². The average molecular weight is 1310 g/mol. The van der Waals surface area contributed by atoms with Gasteiger partial charge in [-0.05, 0) is 141 Å². The van der Waals surface area contributed by atoms with Gasteiger partial charge in [-0.25, -0.2) is 21.6 Å². The number of carbonyl (C=O) groups is 5. The maximum atomic E-state index is 14.4. The molecule has 2 saturated heterocycles. The van der Waals surface area contributed by atoms with E-state index < -0.39 is 82.5 Å². The van der Waals surface area contributed by atoms with E-state index in [4.69, 9.17) is 21.1 Å². The third-order valence-corrected chi connectivity index (χ3v) is 20.4. The summed E-state index contributed by atoms with van der Waals surface area (Å²) in [6.07, 6.45) is 3.43. The smallest absolute Gasteiger partial charge is 0.382 e. The number of benzene rings is 5. The molecule has 3 aliphatic heterocycles. The first kappa shape index (κ1) is 66.6. The number of thioether (sulfide) groups is 1. The Balaban J connectivity index is 0.762. The summed E-state index contributed by atoms with van der Waals surface area (Å²) in [5.41, 5.74) is -0.647. The number of amides is 5. The first-order chi connectivity index (χ1) is 42.4. The SMILES string of the molecule is CN(CCOCCOCCNc1cccc2c1C(=O)N(C1CCC(=O)NC1=O)C2=O)CC[C@H](CSc1ccccc1)Nc1ccc(S(=O)(=O)NC(=O)c2ccc(N3CCN(CC4=C(c5ccc(Cl)cc5)CCC(C)(C)C4)CC3)cc2)cc1S(=O)(=O)C(F)(F)F. The topological polar surface area (TPSA) is 233 Å². The molecule has 1 unspecified atom stereocenters. The molecule has 3 heterocycles. The van der Waals surface area contributed by atoms with Crippen molar-refractivity contribution in [3.63, 3.8) is 0 Å². The molecule has 9 rings (SSSR count). The number of likely N-dealkylation sites (N-methyl/N-ethyl adjacent to an activating group) is 1. The predicted octanol–water partition coefficient (Wildman–Crippen LogP) is 8.98. The molecule has 5 aromatic carbocycles. The standard InChI is InChI=1S/C63H72ClF3N8O11S3/c1-62(2)26-24-50(42-12-16-45(64)17-13-42)44(39-62)40-73-29-31-74(32-30-73)47-18-14-43(15-19-47)58(77)71-89(83,84)49-20-21-52(55(38-49)88(81,82)63(65,66)67)69-46(41-87-48-8-5-4-6-9-48)25-28-72(3)33-35-86-37-36-85-34-27-68-53-11-7-10-51-57(53)61(80)75(60(51)79)54-22-23-56(76)70-59(54)78/h4-21,38,46,54,68-69H,22-37,39-41H2,1-3H3,(H,71,77)(H,70,76,78)/t46-,54?/m1/s1. The second-order valence-corrected chi connectivity index (χ2v) is 28.3. The lowest BCUT2D eigenvalue weighted by atomic mass is 9.73. The normalized spacial score (nSPS) is 17.9. The summed E-state index contributed by atoms with van der Waals surface area (Å²) in [7, 11) is -9.27. The highest BCUT2D eigenvalue weighted by molar-refractivity contribution is 7.99. The predicted molar refractivity (Wildman–Crippen MR) is 335 cm³/mol. The fraction of sp³-hybridized carbons (Fsp3) is 0.413. The van der Waals surface area contributed by atoms with E-state index in [0.717, 1.165) is 66.5 Å². The first-order valence-electron chi connectivity index (χ1n) is 29.3. The van der Waals surface area contributed by atoms with Gasteiger partial charge >= 0.3 is 5.51 Å². The molecule has 0 bridgehead atoms. The summed E-state index contributed by atoms with van der Waals surface area (Å²) in [6, 6.07) is 28.9. The number of carbonyl (C=O) groups excluding carboxylic acids is 5. The molecule has 0 aromatic heterocycles. The molecule has 0 radical (unpaired) electrons. The maximum Gasteiger partial charge on any atom is 0.501 e. The molecule has 1 aliphatic carbocycles. The number of halogens is 4. The lowest BCUT2D eigenvalue weighted by Gasteiger charge is -2.39. The van der Waals surface area contributed by atoms with Crippen LogP contribution in [-0.4, -0.2) is 170 Å². The summed E-state index contributed by atoms with van der Waals surface area (Å²) in [6.45, 7) is 10.5. The van der Waals surface area contributed by atoms with Crippen molar-refractivity contribution in [2.75, 3.05) is 107 Å². The Kier molecular flexibility index (Phi) is 21.7. The fourth-order valence-corrected chi connectivity index (χ4v) is 14.4. The third-order valence-electron chi connectivity index (χ3n) is 16.2. The quantitative estimate of drug-likeness (QED) is 0.0218. The van der Waals surface area contributed by atoms with Crippen molar-refractivity contribution < 1.29 is 63.5 Å². The number of sulfonamides is 1. The number of sulfone groups is 1. The van der Waals surface area contributed by atoms with E-state index in [-0.39, 0.29) is 73.7 Å². The van der Waals surface area contributed by atoms with Gasteiger partial charge in [-0.1, -0.05) is 67.4 Å². The molecule has 0 saturated carbocycles. The highest BCUT2D eigenvalue weighted by Crippen LogP contribution is 2.43. The van der Waals surface area contributed by atoms with Crippen molar-refractivity contribution in [1.82, 2.24) is 24.7 Å². The number of rotatable bonds is 27. The number of nitrogens with one attached hydrogen (secondary N) is 4. The van der Waals surface area contributed by atoms with Crippen LogP contribution in [0.2, 0.25) is 5.02 Å². The molecule has 476 valence electrons.